The topological polar surface area (TPSA) is 47.0 Å². The Hall–Kier alpha value is -1.00. The Kier molecular flexibility index (Phi) is 5.02. The second-order valence-corrected chi connectivity index (χ2v) is 5.14. The molecule has 0 fully saturated rings. The average molecular weight is 237 g/mol. The molecule has 0 aliphatic heterocycles. The van der Waals surface area contributed by atoms with E-state index >= 15 is 0 Å². The van der Waals surface area contributed by atoms with Gasteiger partial charge in [0.2, 0.25) is 0 Å². The van der Waals surface area contributed by atoms with Gasteiger partial charge in [-0.2, -0.15) is 0 Å². The highest BCUT2D eigenvalue weighted by Gasteiger charge is 2.13. The molecular formula is C13H23N3O. The molecule has 0 radical (unpaired) electrons. The Labute approximate surface area is 104 Å². The van der Waals surface area contributed by atoms with Crippen molar-refractivity contribution >= 4 is 0 Å². The van der Waals surface area contributed by atoms with E-state index in [1.807, 2.05) is 6.07 Å². The van der Waals surface area contributed by atoms with E-state index in [4.69, 9.17) is 4.74 Å². The SMILES string of the molecule is CCC(OC)c1nccc(CNC(C)(C)C)n1. The molecule has 1 unspecified atom stereocenters. The normalized spacial score (nSPS) is 13.7. The van der Waals surface area contributed by atoms with Gasteiger partial charge >= 0.3 is 0 Å². The molecule has 4 heteroatoms. The van der Waals surface area contributed by atoms with Crippen LogP contribution in [0.1, 0.15) is 51.7 Å². The van der Waals surface area contributed by atoms with Crippen molar-refractivity contribution in [3.8, 4) is 0 Å². The van der Waals surface area contributed by atoms with Gasteiger partial charge < -0.3 is 10.1 Å². The van der Waals surface area contributed by atoms with Crippen LogP contribution in [-0.4, -0.2) is 22.6 Å². The minimum Gasteiger partial charge on any atom is -0.373 e. The minimum absolute atomic E-state index is 0.00964. The molecule has 1 rings (SSSR count). The van der Waals surface area contributed by atoms with E-state index in [1.54, 1.807) is 13.3 Å². The molecule has 0 amide bonds. The van der Waals surface area contributed by atoms with Crippen LogP contribution >= 0.6 is 0 Å². The second kappa shape index (κ2) is 6.07. The van der Waals surface area contributed by atoms with Crippen LogP contribution < -0.4 is 5.32 Å². The van der Waals surface area contributed by atoms with Gasteiger partial charge in [-0.15, -0.1) is 0 Å². The van der Waals surface area contributed by atoms with Crippen molar-refractivity contribution in [2.75, 3.05) is 7.11 Å². The first-order valence-electron chi connectivity index (χ1n) is 6.06. The first-order valence-corrected chi connectivity index (χ1v) is 6.06. The van der Waals surface area contributed by atoms with Gasteiger partial charge in [-0.3, -0.25) is 0 Å². The number of nitrogens with one attached hydrogen (secondary N) is 1. The van der Waals surface area contributed by atoms with E-state index in [1.165, 1.54) is 0 Å². The number of methoxy groups -OCH3 is 1. The standard InChI is InChI=1S/C13H23N3O/c1-6-11(17-5)12-14-8-7-10(16-12)9-15-13(2,3)4/h7-8,11,15H,6,9H2,1-5H3. The molecule has 0 aliphatic carbocycles. The van der Waals surface area contributed by atoms with E-state index in [0.717, 1.165) is 24.5 Å². The van der Waals surface area contributed by atoms with Gasteiger partial charge in [0.25, 0.3) is 0 Å². The molecular weight excluding hydrogens is 214 g/mol. The van der Waals surface area contributed by atoms with Gasteiger partial charge in [0, 0.05) is 25.4 Å². The zero-order chi connectivity index (χ0) is 12.9. The molecule has 1 heterocycles. The molecule has 0 saturated carbocycles. The third-order valence-electron chi connectivity index (χ3n) is 2.48. The average Bonchev–Trinajstić information content (AvgIpc) is 2.28. The monoisotopic (exact) mass is 237 g/mol. The fourth-order valence-corrected chi connectivity index (χ4v) is 1.48. The molecule has 1 aromatic rings. The van der Waals surface area contributed by atoms with Crippen LogP contribution in [0.25, 0.3) is 0 Å². The van der Waals surface area contributed by atoms with Crippen molar-refractivity contribution in [1.82, 2.24) is 15.3 Å². The Morgan fingerprint density at radius 2 is 2.12 bits per heavy atom. The van der Waals surface area contributed by atoms with E-state index in [-0.39, 0.29) is 11.6 Å². The van der Waals surface area contributed by atoms with Crippen LogP contribution in [0.4, 0.5) is 0 Å². The number of ether oxygens (including phenoxy) is 1. The molecule has 1 aromatic heterocycles. The van der Waals surface area contributed by atoms with Crippen LogP contribution in [-0.2, 0) is 11.3 Å². The van der Waals surface area contributed by atoms with Crippen molar-refractivity contribution in [1.29, 1.82) is 0 Å². The Morgan fingerprint density at radius 3 is 2.65 bits per heavy atom. The summed E-state index contributed by atoms with van der Waals surface area (Å²) < 4.78 is 5.34. The maximum absolute atomic E-state index is 5.34. The lowest BCUT2D eigenvalue weighted by Crippen LogP contribution is -2.35. The number of hydrogen-bond donors (Lipinski definition) is 1. The Morgan fingerprint density at radius 1 is 1.41 bits per heavy atom. The van der Waals surface area contributed by atoms with Gasteiger partial charge in [0.15, 0.2) is 5.82 Å². The van der Waals surface area contributed by atoms with Gasteiger partial charge in [-0.25, -0.2) is 9.97 Å². The smallest absolute Gasteiger partial charge is 0.157 e. The van der Waals surface area contributed by atoms with Crippen molar-refractivity contribution in [3.63, 3.8) is 0 Å². The largest absolute Gasteiger partial charge is 0.373 e. The van der Waals surface area contributed by atoms with Crippen molar-refractivity contribution < 1.29 is 4.74 Å². The van der Waals surface area contributed by atoms with Crippen molar-refractivity contribution in [2.45, 2.75) is 52.3 Å². The quantitative estimate of drug-likeness (QED) is 0.854. The van der Waals surface area contributed by atoms with Crippen LogP contribution in [0.3, 0.4) is 0 Å². The van der Waals surface area contributed by atoms with E-state index in [0.29, 0.717) is 0 Å². The molecule has 17 heavy (non-hydrogen) atoms. The minimum atomic E-state index is -0.00964. The Bertz CT molecular complexity index is 343. The van der Waals surface area contributed by atoms with Crippen molar-refractivity contribution in [3.05, 3.63) is 23.8 Å². The van der Waals surface area contributed by atoms with Crippen molar-refractivity contribution in [2.24, 2.45) is 0 Å². The highest BCUT2D eigenvalue weighted by atomic mass is 16.5. The molecule has 0 saturated heterocycles. The maximum Gasteiger partial charge on any atom is 0.157 e. The van der Waals surface area contributed by atoms with Crippen LogP contribution in [0.2, 0.25) is 0 Å². The number of rotatable bonds is 5. The van der Waals surface area contributed by atoms with E-state index in [2.05, 4.69) is 43.0 Å². The van der Waals surface area contributed by atoms with Crippen LogP contribution in [0.15, 0.2) is 12.3 Å². The first-order chi connectivity index (χ1) is 7.96. The molecule has 0 aromatic carbocycles. The number of nitrogens with zero attached hydrogens (tertiary/aromatic N) is 2. The lowest BCUT2D eigenvalue weighted by molar-refractivity contribution is 0.0923. The van der Waals surface area contributed by atoms with Gasteiger partial charge in [-0.1, -0.05) is 6.92 Å². The third kappa shape index (κ3) is 4.79. The zero-order valence-corrected chi connectivity index (χ0v) is 11.4. The predicted molar refractivity (Wildman–Crippen MR) is 68.7 cm³/mol. The summed E-state index contributed by atoms with van der Waals surface area (Å²) in [5.74, 6) is 0.767. The highest BCUT2D eigenvalue weighted by Crippen LogP contribution is 2.15. The summed E-state index contributed by atoms with van der Waals surface area (Å²) in [5.41, 5.74) is 1.09. The van der Waals surface area contributed by atoms with Gasteiger partial charge in [-0.05, 0) is 33.3 Å². The fraction of sp³-hybridized carbons (Fsp3) is 0.692. The molecule has 0 bridgehead atoms. The summed E-state index contributed by atoms with van der Waals surface area (Å²) in [5, 5.41) is 3.41. The van der Waals surface area contributed by atoms with E-state index < -0.39 is 0 Å². The van der Waals surface area contributed by atoms with E-state index in [9.17, 15) is 0 Å². The second-order valence-electron chi connectivity index (χ2n) is 5.14. The predicted octanol–water partition coefficient (Wildman–Crippen LogP) is 2.46. The first kappa shape index (κ1) is 14.1. The molecule has 0 spiro atoms. The molecule has 1 atom stereocenters. The molecule has 0 aliphatic rings. The number of aromatic nitrogens is 2. The zero-order valence-electron chi connectivity index (χ0n) is 11.4. The Balaban J connectivity index is 2.72. The third-order valence-corrected chi connectivity index (χ3v) is 2.48. The summed E-state index contributed by atoms with van der Waals surface area (Å²) in [6, 6.07) is 1.94. The summed E-state index contributed by atoms with van der Waals surface area (Å²) in [6.45, 7) is 9.23. The van der Waals surface area contributed by atoms with Gasteiger partial charge in [0.05, 0.1) is 5.69 Å². The lowest BCUT2D eigenvalue weighted by Gasteiger charge is -2.20. The fourth-order valence-electron chi connectivity index (χ4n) is 1.48. The number of hydrogen-bond acceptors (Lipinski definition) is 4. The maximum atomic E-state index is 5.34. The summed E-state index contributed by atoms with van der Waals surface area (Å²) in [6.07, 6.45) is 2.67. The summed E-state index contributed by atoms with van der Waals surface area (Å²) >= 11 is 0. The molecule has 4 nitrogen and oxygen atoms in total. The molecule has 1 N–H and O–H groups in total. The summed E-state index contributed by atoms with van der Waals surface area (Å²) in [4.78, 5) is 8.78. The molecule has 96 valence electrons. The van der Waals surface area contributed by atoms with Crippen LogP contribution in [0.5, 0.6) is 0 Å². The van der Waals surface area contributed by atoms with Gasteiger partial charge in [0.1, 0.15) is 6.10 Å². The highest BCUT2D eigenvalue weighted by molar-refractivity contribution is 5.04. The lowest BCUT2D eigenvalue weighted by atomic mass is 10.1. The summed E-state index contributed by atoms with van der Waals surface area (Å²) in [7, 11) is 1.69. The van der Waals surface area contributed by atoms with Crippen LogP contribution in [0, 0.1) is 0 Å².